The van der Waals surface area contributed by atoms with Crippen LogP contribution in [0.3, 0.4) is 0 Å². The van der Waals surface area contributed by atoms with Gasteiger partial charge in [-0.05, 0) is 6.92 Å². The molecule has 3 heteroatoms. The van der Waals surface area contributed by atoms with E-state index in [1.165, 1.54) is 0 Å². The predicted octanol–water partition coefficient (Wildman–Crippen LogP) is 1.10. The fraction of sp³-hybridized carbons (Fsp3) is 1.00. The van der Waals surface area contributed by atoms with Crippen LogP contribution >= 0.6 is 15.9 Å². The molecule has 0 N–H and O–H groups in total. The molecule has 0 aromatic carbocycles. The molecule has 0 amide bonds. The minimum absolute atomic E-state index is 0.424. The van der Waals surface area contributed by atoms with Crippen molar-refractivity contribution < 1.29 is 4.74 Å². The molecular weight excluding hydrogens is 194 g/mol. The highest BCUT2D eigenvalue weighted by Crippen LogP contribution is 2.03. The molecule has 1 saturated heterocycles. The van der Waals surface area contributed by atoms with Gasteiger partial charge in [0, 0.05) is 25.0 Å². The molecule has 1 rings (SSSR count). The van der Waals surface area contributed by atoms with E-state index in [9.17, 15) is 0 Å². The second kappa shape index (κ2) is 4.31. The van der Waals surface area contributed by atoms with Crippen molar-refractivity contribution in [2.24, 2.45) is 0 Å². The molecule has 0 aromatic heterocycles. The Morgan fingerprint density at radius 2 is 2.50 bits per heavy atom. The molecule has 0 saturated carbocycles. The minimum atomic E-state index is 0.424. The number of hydrogen-bond donors (Lipinski definition) is 0. The summed E-state index contributed by atoms with van der Waals surface area (Å²) in [5.41, 5.74) is 0. The third kappa shape index (κ3) is 2.56. The summed E-state index contributed by atoms with van der Waals surface area (Å²) in [7, 11) is 0. The maximum atomic E-state index is 5.40. The van der Waals surface area contributed by atoms with Crippen molar-refractivity contribution in [1.29, 1.82) is 0 Å². The van der Waals surface area contributed by atoms with Crippen LogP contribution in [-0.4, -0.2) is 42.6 Å². The van der Waals surface area contributed by atoms with Crippen molar-refractivity contribution in [3.8, 4) is 0 Å². The van der Waals surface area contributed by atoms with Crippen molar-refractivity contribution >= 4 is 15.9 Å². The number of halogens is 1. The highest BCUT2D eigenvalue weighted by Gasteiger charge is 2.14. The van der Waals surface area contributed by atoms with Crippen molar-refractivity contribution in [1.82, 2.24) is 4.90 Å². The van der Waals surface area contributed by atoms with Crippen LogP contribution in [0.25, 0.3) is 0 Å². The molecule has 2 nitrogen and oxygen atoms in total. The van der Waals surface area contributed by atoms with Gasteiger partial charge in [0.05, 0.1) is 12.7 Å². The molecule has 0 aliphatic carbocycles. The number of morpholine rings is 1. The van der Waals surface area contributed by atoms with Gasteiger partial charge in [-0.3, -0.25) is 4.90 Å². The summed E-state index contributed by atoms with van der Waals surface area (Å²) in [5, 5.41) is 1.07. The summed E-state index contributed by atoms with van der Waals surface area (Å²) in [5.74, 6) is 0. The van der Waals surface area contributed by atoms with Gasteiger partial charge in [-0.15, -0.1) is 0 Å². The minimum Gasteiger partial charge on any atom is -0.376 e. The lowest BCUT2D eigenvalue weighted by Gasteiger charge is -2.30. The van der Waals surface area contributed by atoms with Crippen LogP contribution in [0.1, 0.15) is 6.92 Å². The van der Waals surface area contributed by atoms with Crippen molar-refractivity contribution in [2.75, 3.05) is 31.6 Å². The van der Waals surface area contributed by atoms with E-state index < -0.39 is 0 Å². The Labute approximate surface area is 70.7 Å². The first kappa shape index (κ1) is 8.50. The predicted molar refractivity (Wildman–Crippen MR) is 45.6 cm³/mol. The molecule has 1 heterocycles. The third-order valence-corrected chi connectivity index (χ3v) is 2.08. The van der Waals surface area contributed by atoms with Gasteiger partial charge in [0.1, 0.15) is 0 Å². The van der Waals surface area contributed by atoms with Gasteiger partial charge in [-0.2, -0.15) is 0 Å². The standard InChI is InChI=1S/C7H14BrNO/c1-7-6-9(3-2-8)4-5-10-7/h7H,2-6H2,1H3/t7-/m1/s1. The van der Waals surface area contributed by atoms with Crippen LogP contribution in [0.4, 0.5) is 0 Å². The van der Waals surface area contributed by atoms with E-state index in [-0.39, 0.29) is 0 Å². The molecule has 0 aromatic rings. The SMILES string of the molecule is C[C@@H]1CN(CCBr)CCO1. The molecule has 0 unspecified atom stereocenters. The van der Waals surface area contributed by atoms with Gasteiger partial charge in [-0.25, -0.2) is 0 Å². The van der Waals surface area contributed by atoms with Gasteiger partial charge in [-0.1, -0.05) is 15.9 Å². The Hall–Kier alpha value is 0.400. The Morgan fingerprint density at radius 3 is 3.10 bits per heavy atom. The van der Waals surface area contributed by atoms with E-state index in [1.54, 1.807) is 0 Å². The lowest BCUT2D eigenvalue weighted by molar-refractivity contribution is -0.0157. The average molecular weight is 208 g/mol. The Morgan fingerprint density at radius 1 is 1.70 bits per heavy atom. The summed E-state index contributed by atoms with van der Waals surface area (Å²) in [6, 6.07) is 0. The smallest absolute Gasteiger partial charge is 0.0674 e. The molecule has 1 fully saturated rings. The van der Waals surface area contributed by atoms with E-state index in [0.717, 1.165) is 31.6 Å². The monoisotopic (exact) mass is 207 g/mol. The van der Waals surface area contributed by atoms with Crippen LogP contribution in [-0.2, 0) is 4.74 Å². The van der Waals surface area contributed by atoms with Gasteiger partial charge in [0.15, 0.2) is 0 Å². The zero-order valence-corrected chi connectivity index (χ0v) is 7.93. The van der Waals surface area contributed by atoms with Crippen LogP contribution in [0, 0.1) is 0 Å². The zero-order valence-electron chi connectivity index (χ0n) is 6.35. The summed E-state index contributed by atoms with van der Waals surface area (Å²) < 4.78 is 5.40. The molecule has 1 aliphatic rings. The Bertz CT molecular complexity index is 97.6. The van der Waals surface area contributed by atoms with Crippen LogP contribution in [0.2, 0.25) is 0 Å². The second-order valence-electron chi connectivity index (χ2n) is 2.67. The quantitative estimate of drug-likeness (QED) is 0.630. The van der Waals surface area contributed by atoms with E-state index in [2.05, 4.69) is 27.8 Å². The highest BCUT2D eigenvalue weighted by atomic mass is 79.9. The molecular formula is C7H14BrNO. The molecule has 1 atom stereocenters. The second-order valence-corrected chi connectivity index (χ2v) is 3.46. The lowest BCUT2D eigenvalue weighted by Crippen LogP contribution is -2.41. The zero-order chi connectivity index (χ0) is 7.40. The first-order valence-corrected chi connectivity index (χ1v) is 4.85. The topological polar surface area (TPSA) is 12.5 Å². The number of rotatable bonds is 2. The largest absolute Gasteiger partial charge is 0.376 e. The highest BCUT2D eigenvalue weighted by molar-refractivity contribution is 9.09. The van der Waals surface area contributed by atoms with Crippen molar-refractivity contribution in [3.05, 3.63) is 0 Å². The van der Waals surface area contributed by atoms with Crippen molar-refractivity contribution in [2.45, 2.75) is 13.0 Å². The summed E-state index contributed by atoms with van der Waals surface area (Å²) in [6.07, 6.45) is 0.424. The Balaban J connectivity index is 2.18. The number of hydrogen-bond acceptors (Lipinski definition) is 2. The fourth-order valence-electron chi connectivity index (χ4n) is 1.21. The fourth-order valence-corrected chi connectivity index (χ4v) is 1.71. The third-order valence-electron chi connectivity index (χ3n) is 1.73. The summed E-state index contributed by atoms with van der Waals surface area (Å²) in [4.78, 5) is 2.42. The molecule has 1 aliphatic heterocycles. The van der Waals surface area contributed by atoms with Gasteiger partial charge >= 0.3 is 0 Å². The van der Waals surface area contributed by atoms with Crippen LogP contribution in [0.15, 0.2) is 0 Å². The molecule has 10 heavy (non-hydrogen) atoms. The number of ether oxygens (including phenoxy) is 1. The normalized spacial score (nSPS) is 28.8. The van der Waals surface area contributed by atoms with Crippen LogP contribution < -0.4 is 0 Å². The lowest BCUT2D eigenvalue weighted by atomic mass is 10.3. The number of nitrogens with zero attached hydrogens (tertiary/aromatic N) is 1. The maximum absolute atomic E-state index is 5.40. The molecule has 0 bridgehead atoms. The summed E-state index contributed by atoms with van der Waals surface area (Å²) >= 11 is 3.42. The van der Waals surface area contributed by atoms with E-state index in [4.69, 9.17) is 4.74 Å². The first-order chi connectivity index (χ1) is 4.83. The maximum Gasteiger partial charge on any atom is 0.0674 e. The van der Waals surface area contributed by atoms with Gasteiger partial charge < -0.3 is 4.74 Å². The van der Waals surface area contributed by atoms with Crippen LogP contribution in [0.5, 0.6) is 0 Å². The Kier molecular flexibility index (Phi) is 3.66. The van der Waals surface area contributed by atoms with E-state index >= 15 is 0 Å². The van der Waals surface area contributed by atoms with Gasteiger partial charge in [0.25, 0.3) is 0 Å². The van der Waals surface area contributed by atoms with E-state index in [0.29, 0.717) is 6.10 Å². The van der Waals surface area contributed by atoms with Gasteiger partial charge in [0.2, 0.25) is 0 Å². The van der Waals surface area contributed by atoms with Crippen molar-refractivity contribution in [3.63, 3.8) is 0 Å². The molecule has 60 valence electrons. The number of alkyl halides is 1. The first-order valence-electron chi connectivity index (χ1n) is 3.73. The summed E-state index contributed by atoms with van der Waals surface area (Å²) in [6.45, 7) is 6.35. The molecule has 0 spiro atoms. The molecule has 0 radical (unpaired) electrons. The average Bonchev–Trinajstić information content (AvgIpc) is 1.88. The van der Waals surface area contributed by atoms with E-state index in [1.807, 2.05) is 0 Å².